The molecule has 0 bridgehead atoms. The predicted octanol–water partition coefficient (Wildman–Crippen LogP) is 6.44. The molecule has 3 amide bonds. The number of benzene rings is 3. The van der Waals surface area contributed by atoms with E-state index in [2.05, 4.69) is 10.6 Å². The average molecular weight is 687 g/mol. The number of carbonyl (C=O) groups excluding carboxylic acids is 3. The Balaban J connectivity index is 1.68. The van der Waals surface area contributed by atoms with Gasteiger partial charge >= 0.3 is 6.18 Å². The number of hydrogen-bond donors (Lipinski definition) is 2. The Kier molecular flexibility index (Phi) is 9.94. The Hall–Kier alpha value is -5.77. The zero-order valence-corrected chi connectivity index (χ0v) is 27.7. The first-order valence-electron chi connectivity index (χ1n) is 15.8. The Morgan fingerprint density at radius 1 is 1.00 bits per heavy atom. The average Bonchev–Trinajstić information content (AvgIpc) is 3.45. The maximum absolute atomic E-state index is 14.4. The van der Waals surface area contributed by atoms with E-state index in [0.717, 1.165) is 12.1 Å². The fourth-order valence-electron chi connectivity index (χ4n) is 5.89. The molecule has 0 spiro atoms. The topological polar surface area (TPSA) is 120 Å². The highest BCUT2D eigenvalue weighted by atomic mass is 19.4. The van der Waals surface area contributed by atoms with Crippen LogP contribution in [0.2, 0.25) is 0 Å². The summed E-state index contributed by atoms with van der Waals surface area (Å²) in [4.78, 5) is 42.6. The molecular formula is C37H34F4N6O3. The number of nitrogens with one attached hydrogen (secondary N) is 2. The summed E-state index contributed by atoms with van der Waals surface area (Å²) in [7, 11) is 0. The second-order valence-corrected chi connectivity index (χ2v) is 12.8. The summed E-state index contributed by atoms with van der Waals surface area (Å²) in [6.07, 6.45) is -3.17. The van der Waals surface area contributed by atoms with Crippen molar-refractivity contribution in [2.24, 2.45) is 5.41 Å². The van der Waals surface area contributed by atoms with Gasteiger partial charge in [0.05, 0.1) is 23.5 Å². The van der Waals surface area contributed by atoms with Crippen LogP contribution in [0.5, 0.6) is 0 Å². The van der Waals surface area contributed by atoms with E-state index in [1.165, 1.54) is 39.9 Å². The van der Waals surface area contributed by atoms with E-state index < -0.39 is 52.7 Å². The number of para-hydroxylation sites is 1. The van der Waals surface area contributed by atoms with E-state index in [1.807, 2.05) is 26.8 Å². The van der Waals surface area contributed by atoms with Crippen molar-refractivity contribution in [3.05, 3.63) is 124 Å². The van der Waals surface area contributed by atoms with Gasteiger partial charge < -0.3 is 10.6 Å². The quantitative estimate of drug-likeness (QED) is 0.126. The molecule has 13 heteroatoms. The highest BCUT2D eigenvalue weighted by Crippen LogP contribution is 2.44. The van der Waals surface area contributed by atoms with Crippen LogP contribution in [0.25, 0.3) is 5.69 Å². The molecule has 50 heavy (non-hydrogen) atoms. The van der Waals surface area contributed by atoms with Crippen molar-refractivity contribution in [2.45, 2.75) is 52.4 Å². The lowest BCUT2D eigenvalue weighted by atomic mass is 9.80. The van der Waals surface area contributed by atoms with Crippen molar-refractivity contribution >= 4 is 23.5 Å². The summed E-state index contributed by atoms with van der Waals surface area (Å²) in [5.41, 5.74) is -0.274. The molecule has 2 atom stereocenters. The monoisotopic (exact) mass is 686 g/mol. The molecule has 9 nitrogen and oxygen atoms in total. The van der Waals surface area contributed by atoms with Gasteiger partial charge in [0, 0.05) is 23.6 Å². The maximum Gasteiger partial charge on any atom is 0.416 e. The third-order valence-corrected chi connectivity index (χ3v) is 8.05. The molecule has 0 saturated carbocycles. The van der Waals surface area contributed by atoms with E-state index in [-0.39, 0.29) is 29.9 Å². The first-order valence-corrected chi connectivity index (χ1v) is 15.8. The van der Waals surface area contributed by atoms with Crippen LogP contribution in [-0.2, 0) is 22.3 Å². The predicted molar refractivity (Wildman–Crippen MR) is 178 cm³/mol. The van der Waals surface area contributed by atoms with E-state index >= 15 is 0 Å². The highest BCUT2D eigenvalue weighted by molar-refractivity contribution is 6.05. The first-order chi connectivity index (χ1) is 23.6. The second-order valence-electron chi connectivity index (χ2n) is 12.8. The largest absolute Gasteiger partial charge is 0.416 e. The molecule has 2 N–H and O–H groups in total. The molecule has 1 aliphatic rings. The van der Waals surface area contributed by atoms with E-state index in [1.54, 1.807) is 43.3 Å². The summed E-state index contributed by atoms with van der Waals surface area (Å²) in [6.45, 7) is 7.13. The van der Waals surface area contributed by atoms with Crippen LogP contribution in [0.4, 0.5) is 23.4 Å². The number of fused-ring (bicyclic) bond motifs is 1. The smallest absolute Gasteiger partial charge is 0.346 e. The third kappa shape index (κ3) is 7.44. The molecule has 1 aliphatic heterocycles. The van der Waals surface area contributed by atoms with Gasteiger partial charge in [-0.15, -0.1) is 0 Å². The molecule has 2 unspecified atom stereocenters. The van der Waals surface area contributed by atoms with Crippen LogP contribution in [-0.4, -0.2) is 40.1 Å². The summed E-state index contributed by atoms with van der Waals surface area (Å²) in [5, 5.41) is 19.9. The third-order valence-electron chi connectivity index (χ3n) is 8.05. The SMILES string of the molecule is CCN1C(=O)C(NC(=O)c2cccc(C(F)(F)F)c2)C(c2ccc(F)cc2)c2c(CNC(=O)/C(C#N)=C/C(C)(C)C)nn(-c3ccccc3)c21. The molecule has 5 rings (SSSR count). The number of hydrogen-bond acceptors (Lipinski definition) is 5. The number of nitrogens with zero attached hydrogens (tertiary/aromatic N) is 4. The van der Waals surface area contributed by atoms with Crippen LogP contribution < -0.4 is 15.5 Å². The molecule has 0 aliphatic carbocycles. The van der Waals surface area contributed by atoms with Gasteiger partial charge in [0.1, 0.15) is 29.3 Å². The minimum Gasteiger partial charge on any atom is -0.346 e. The maximum atomic E-state index is 14.4. The zero-order chi connectivity index (χ0) is 36.4. The standard InChI is InChI=1S/C37H34F4N6O3/c1-5-46-34-30(28(45-47(34)27-12-7-6-8-13-27)21-43-32(48)24(20-42)19-36(2,3)4)29(22-14-16-26(38)17-15-22)31(35(46)50)44-33(49)23-10-9-11-25(18-23)37(39,40)41/h6-19,29,31H,5,21H2,1-4H3,(H,43,48)(H,44,49)/b24-19+. The number of carbonyl (C=O) groups is 3. The molecule has 258 valence electrons. The first kappa shape index (κ1) is 35.5. The second kappa shape index (κ2) is 14.0. The number of amides is 3. The van der Waals surface area contributed by atoms with Crippen molar-refractivity contribution < 1.29 is 31.9 Å². The van der Waals surface area contributed by atoms with E-state index in [4.69, 9.17) is 5.10 Å². The van der Waals surface area contributed by atoms with Gasteiger partial charge in [-0.3, -0.25) is 19.3 Å². The minimum absolute atomic E-state index is 0.106. The lowest BCUT2D eigenvalue weighted by molar-refractivity contribution is -0.137. The summed E-state index contributed by atoms with van der Waals surface area (Å²) >= 11 is 0. The summed E-state index contributed by atoms with van der Waals surface area (Å²) in [6, 6.07) is 18.5. The van der Waals surface area contributed by atoms with Gasteiger partial charge in [-0.25, -0.2) is 9.07 Å². The molecule has 3 aromatic carbocycles. The fraction of sp³-hybridized carbons (Fsp3) is 0.270. The molecule has 4 aromatic rings. The zero-order valence-electron chi connectivity index (χ0n) is 27.7. The van der Waals surface area contributed by atoms with Crippen molar-refractivity contribution in [1.29, 1.82) is 5.26 Å². The summed E-state index contributed by atoms with van der Waals surface area (Å²) in [5.74, 6) is -3.42. The lowest BCUT2D eigenvalue weighted by Gasteiger charge is -2.38. The van der Waals surface area contributed by atoms with E-state index in [0.29, 0.717) is 28.7 Å². The van der Waals surface area contributed by atoms with Gasteiger partial charge in [-0.1, -0.05) is 63.2 Å². The minimum atomic E-state index is -4.71. The molecule has 0 radical (unpaired) electrons. The van der Waals surface area contributed by atoms with Gasteiger partial charge in [-0.05, 0) is 60.4 Å². The van der Waals surface area contributed by atoms with Gasteiger partial charge in [0.15, 0.2) is 0 Å². The van der Waals surface area contributed by atoms with Crippen LogP contribution >= 0.6 is 0 Å². The van der Waals surface area contributed by atoms with Gasteiger partial charge in [0.25, 0.3) is 17.7 Å². The molecule has 2 heterocycles. The molecule has 0 saturated heterocycles. The Morgan fingerprint density at radius 2 is 1.68 bits per heavy atom. The highest BCUT2D eigenvalue weighted by Gasteiger charge is 2.46. The van der Waals surface area contributed by atoms with Crippen molar-refractivity contribution in [3.8, 4) is 11.8 Å². The molecular weight excluding hydrogens is 652 g/mol. The lowest BCUT2D eigenvalue weighted by Crippen LogP contribution is -2.55. The number of nitriles is 1. The number of anilines is 1. The molecule has 1 aromatic heterocycles. The summed E-state index contributed by atoms with van der Waals surface area (Å²) < 4.78 is 56.3. The van der Waals surface area contributed by atoms with Crippen molar-refractivity contribution in [3.63, 3.8) is 0 Å². The van der Waals surface area contributed by atoms with Crippen LogP contribution in [0, 0.1) is 22.6 Å². The number of aromatic nitrogens is 2. The number of rotatable bonds is 8. The van der Waals surface area contributed by atoms with Gasteiger partial charge in [0.2, 0.25) is 0 Å². The Labute approximate surface area is 286 Å². The van der Waals surface area contributed by atoms with Crippen molar-refractivity contribution in [1.82, 2.24) is 20.4 Å². The Morgan fingerprint density at radius 3 is 2.28 bits per heavy atom. The normalized spacial score (nSPS) is 16.4. The number of halogens is 4. The number of allylic oxidation sites excluding steroid dienone is 1. The van der Waals surface area contributed by atoms with Crippen LogP contribution in [0.1, 0.15) is 66.4 Å². The van der Waals surface area contributed by atoms with E-state index in [9.17, 15) is 37.2 Å². The Bertz CT molecular complexity index is 1990. The molecule has 0 fully saturated rings. The van der Waals surface area contributed by atoms with Crippen LogP contribution in [0.15, 0.2) is 90.5 Å². The van der Waals surface area contributed by atoms with Crippen molar-refractivity contribution in [2.75, 3.05) is 11.4 Å². The number of alkyl halides is 3. The fourth-order valence-corrected chi connectivity index (χ4v) is 5.89. The number of likely N-dealkylation sites (N-methyl/N-ethyl adjacent to an activating group) is 1. The van der Waals surface area contributed by atoms with Gasteiger partial charge in [-0.2, -0.15) is 23.5 Å². The van der Waals surface area contributed by atoms with Crippen LogP contribution in [0.3, 0.4) is 0 Å².